The Balaban J connectivity index is 3.15. The molecule has 1 aromatic rings. The molecule has 0 aliphatic heterocycles. The molecular formula is C8H7N3O7. The zero-order chi connectivity index (χ0) is 13.7. The molecule has 10 nitrogen and oxygen atoms in total. The van der Waals surface area contributed by atoms with Gasteiger partial charge in [-0.3, -0.25) is 25.1 Å². The molecule has 1 atom stereocenters. The molecule has 0 N–H and O–H groups in total. The van der Waals surface area contributed by atoms with Crippen molar-refractivity contribution in [1.29, 1.82) is 0 Å². The maximum absolute atomic E-state index is 10.7. The molecule has 96 valence electrons. The summed E-state index contributed by atoms with van der Waals surface area (Å²) in [7, 11) is 0. The second-order valence-electron chi connectivity index (χ2n) is 3.15. The lowest BCUT2D eigenvalue weighted by molar-refractivity contribution is -0.777. The van der Waals surface area contributed by atoms with Gasteiger partial charge in [-0.1, -0.05) is 12.1 Å². The Hall–Kier alpha value is -2.78. The Kier molecular flexibility index (Phi) is 4.07. The zero-order valence-electron chi connectivity index (χ0n) is 8.79. The summed E-state index contributed by atoms with van der Waals surface area (Å²) in [4.78, 5) is 33.8. The minimum absolute atomic E-state index is 0.212. The first-order valence-electron chi connectivity index (χ1n) is 4.58. The van der Waals surface area contributed by atoms with Gasteiger partial charge in [0.2, 0.25) is 12.6 Å². The molecule has 18 heavy (non-hydrogen) atoms. The van der Waals surface area contributed by atoms with Crippen molar-refractivity contribution in [1.82, 2.24) is 0 Å². The van der Waals surface area contributed by atoms with Gasteiger partial charge in [0.05, 0.1) is 10.5 Å². The van der Waals surface area contributed by atoms with Crippen molar-refractivity contribution in [2.45, 2.75) is 6.10 Å². The van der Waals surface area contributed by atoms with Gasteiger partial charge in [0.15, 0.2) is 0 Å². The van der Waals surface area contributed by atoms with E-state index >= 15 is 0 Å². The lowest BCUT2D eigenvalue weighted by atomic mass is 10.1. The molecule has 0 saturated carbocycles. The van der Waals surface area contributed by atoms with E-state index in [0.717, 1.165) is 6.07 Å². The van der Waals surface area contributed by atoms with E-state index in [2.05, 4.69) is 4.84 Å². The zero-order valence-corrected chi connectivity index (χ0v) is 8.79. The average Bonchev–Trinajstić information content (AvgIpc) is 2.26. The van der Waals surface area contributed by atoms with Gasteiger partial charge in [0.1, 0.15) is 0 Å². The van der Waals surface area contributed by atoms with Crippen molar-refractivity contribution >= 4 is 5.69 Å². The van der Waals surface area contributed by atoms with Crippen LogP contribution in [0.4, 0.5) is 5.69 Å². The van der Waals surface area contributed by atoms with Crippen molar-refractivity contribution < 1.29 is 19.8 Å². The normalized spacial score (nSPS) is 11.6. The summed E-state index contributed by atoms with van der Waals surface area (Å²) in [6, 6.07) is 4.98. The Morgan fingerprint density at radius 1 is 1.11 bits per heavy atom. The first-order valence-corrected chi connectivity index (χ1v) is 4.58. The average molecular weight is 257 g/mol. The Labute approximate surface area is 99.2 Å². The third-order valence-electron chi connectivity index (χ3n) is 2.01. The maximum atomic E-state index is 10.7. The molecule has 10 heteroatoms. The van der Waals surface area contributed by atoms with Gasteiger partial charge in [-0.2, -0.15) is 0 Å². The summed E-state index contributed by atoms with van der Waals surface area (Å²) in [6.07, 6.45) is -1.61. The Bertz CT molecular complexity index is 473. The van der Waals surface area contributed by atoms with Crippen LogP contribution >= 0.6 is 0 Å². The highest BCUT2D eigenvalue weighted by Crippen LogP contribution is 2.27. The molecule has 1 unspecified atom stereocenters. The van der Waals surface area contributed by atoms with Crippen LogP contribution in [0.3, 0.4) is 0 Å². The highest BCUT2D eigenvalue weighted by Gasteiger charge is 2.28. The molecule has 0 fully saturated rings. The van der Waals surface area contributed by atoms with Crippen LogP contribution in [0.2, 0.25) is 0 Å². The van der Waals surface area contributed by atoms with Crippen LogP contribution in [-0.4, -0.2) is 21.5 Å². The largest absolute Gasteiger partial charge is 0.299 e. The van der Waals surface area contributed by atoms with Crippen LogP contribution < -0.4 is 0 Å². The summed E-state index contributed by atoms with van der Waals surface area (Å²) < 4.78 is 0. The molecule has 0 amide bonds. The van der Waals surface area contributed by atoms with Crippen molar-refractivity contribution in [3.63, 3.8) is 0 Å². The lowest BCUT2D eigenvalue weighted by Gasteiger charge is -2.10. The van der Waals surface area contributed by atoms with E-state index < -0.39 is 33.3 Å². The predicted molar refractivity (Wildman–Crippen MR) is 55.8 cm³/mol. The SMILES string of the molecule is O=[N+]([O-])CC(O[N+](=O)[O-])c1ccccc1[N+](=O)[O-]. The summed E-state index contributed by atoms with van der Waals surface area (Å²) in [5.74, 6) is 0. The number of nitrogens with zero attached hydrogens (tertiary/aromatic N) is 3. The van der Waals surface area contributed by atoms with Crippen LogP contribution in [0.15, 0.2) is 24.3 Å². The maximum Gasteiger partial charge on any atom is 0.295 e. The number of benzene rings is 1. The fourth-order valence-electron chi connectivity index (χ4n) is 1.35. The van der Waals surface area contributed by atoms with Crippen LogP contribution in [-0.2, 0) is 4.84 Å². The Morgan fingerprint density at radius 2 is 1.72 bits per heavy atom. The van der Waals surface area contributed by atoms with Crippen LogP contribution in [0.5, 0.6) is 0 Å². The number of nitro groups is 2. The molecule has 0 bridgehead atoms. The third-order valence-corrected chi connectivity index (χ3v) is 2.01. The van der Waals surface area contributed by atoms with E-state index in [0.29, 0.717) is 0 Å². The topological polar surface area (TPSA) is 139 Å². The number of hydrogen-bond donors (Lipinski definition) is 0. The van der Waals surface area contributed by atoms with E-state index in [4.69, 9.17) is 0 Å². The third kappa shape index (κ3) is 3.37. The Morgan fingerprint density at radius 3 is 2.22 bits per heavy atom. The quantitative estimate of drug-likeness (QED) is 0.549. The van der Waals surface area contributed by atoms with E-state index in [-0.39, 0.29) is 5.56 Å². The molecule has 0 aliphatic rings. The minimum atomic E-state index is -1.61. The van der Waals surface area contributed by atoms with Gasteiger partial charge in [0, 0.05) is 11.0 Å². The number of nitro benzene ring substituents is 1. The lowest BCUT2D eigenvalue weighted by Crippen LogP contribution is -2.19. The second-order valence-corrected chi connectivity index (χ2v) is 3.15. The highest BCUT2D eigenvalue weighted by molar-refractivity contribution is 5.41. The first kappa shape index (κ1) is 13.3. The molecular weight excluding hydrogens is 250 g/mol. The minimum Gasteiger partial charge on any atom is -0.299 e. The van der Waals surface area contributed by atoms with E-state index in [9.17, 15) is 30.3 Å². The molecule has 0 aliphatic carbocycles. The van der Waals surface area contributed by atoms with Gasteiger partial charge >= 0.3 is 0 Å². The summed E-state index contributed by atoms with van der Waals surface area (Å²) >= 11 is 0. The van der Waals surface area contributed by atoms with E-state index in [1.54, 1.807) is 0 Å². The fraction of sp³-hybridized carbons (Fsp3) is 0.250. The molecule has 0 aromatic heterocycles. The predicted octanol–water partition coefficient (Wildman–Crippen LogP) is 1.12. The summed E-state index contributed by atoms with van der Waals surface area (Å²) in [6.45, 7) is -0.939. The number of para-hydroxylation sites is 1. The number of hydrogen-bond acceptors (Lipinski definition) is 7. The smallest absolute Gasteiger partial charge is 0.295 e. The fourth-order valence-corrected chi connectivity index (χ4v) is 1.35. The standard InChI is InChI=1S/C8H7N3O7/c12-9(13)5-8(18-11(16)17)6-3-1-2-4-7(6)10(14)15/h1-4,8H,5H2. The van der Waals surface area contributed by atoms with Crippen LogP contribution in [0, 0.1) is 30.3 Å². The van der Waals surface area contributed by atoms with Crippen LogP contribution in [0.25, 0.3) is 0 Å². The first-order chi connectivity index (χ1) is 8.41. The molecule has 1 aromatic carbocycles. The van der Waals surface area contributed by atoms with Gasteiger partial charge in [-0.25, -0.2) is 0 Å². The summed E-state index contributed by atoms with van der Waals surface area (Å²) in [5, 5.41) is 30.1. The van der Waals surface area contributed by atoms with Gasteiger partial charge in [-0.15, -0.1) is 10.1 Å². The molecule has 0 saturated heterocycles. The highest BCUT2D eigenvalue weighted by atomic mass is 17.0. The van der Waals surface area contributed by atoms with Crippen molar-refractivity contribution in [3.8, 4) is 0 Å². The van der Waals surface area contributed by atoms with Crippen molar-refractivity contribution in [2.24, 2.45) is 0 Å². The molecule has 1 rings (SSSR count). The molecule has 0 radical (unpaired) electrons. The van der Waals surface area contributed by atoms with E-state index in [1.807, 2.05) is 0 Å². The van der Waals surface area contributed by atoms with Crippen molar-refractivity contribution in [3.05, 3.63) is 60.2 Å². The van der Waals surface area contributed by atoms with Crippen molar-refractivity contribution in [2.75, 3.05) is 6.54 Å². The van der Waals surface area contributed by atoms with Crippen LogP contribution in [0.1, 0.15) is 11.7 Å². The van der Waals surface area contributed by atoms with Gasteiger partial charge in [0.25, 0.3) is 10.8 Å². The second kappa shape index (κ2) is 5.52. The molecule has 0 heterocycles. The van der Waals surface area contributed by atoms with E-state index in [1.165, 1.54) is 18.2 Å². The van der Waals surface area contributed by atoms with Gasteiger partial charge in [-0.05, 0) is 6.07 Å². The van der Waals surface area contributed by atoms with Gasteiger partial charge < -0.3 is 0 Å². The summed E-state index contributed by atoms with van der Waals surface area (Å²) in [5.41, 5.74) is -0.679. The molecule has 0 spiro atoms. The number of rotatable bonds is 6. The monoisotopic (exact) mass is 257 g/mol.